The molecule has 0 N–H and O–H groups in total. The number of ether oxygens (including phenoxy) is 1. The molecule has 0 aromatic rings. The third-order valence-corrected chi connectivity index (χ3v) is 3.10. The summed E-state index contributed by atoms with van der Waals surface area (Å²) in [5, 5.41) is 0. The van der Waals surface area contributed by atoms with Crippen molar-refractivity contribution in [1.82, 2.24) is 0 Å². The van der Waals surface area contributed by atoms with Crippen LogP contribution in [0, 0.1) is 12.3 Å². The maximum atomic E-state index is 11.6. The van der Waals surface area contributed by atoms with E-state index in [0.29, 0.717) is 0 Å². The van der Waals surface area contributed by atoms with E-state index in [4.69, 9.17) is 11.2 Å². The molecular formula is C14H17O2Y-. The summed E-state index contributed by atoms with van der Waals surface area (Å²) >= 11 is 0. The van der Waals surface area contributed by atoms with Crippen molar-refractivity contribution in [3.8, 4) is 5.92 Å². The van der Waals surface area contributed by atoms with Gasteiger partial charge in [-0.2, -0.15) is 0 Å². The number of allylic oxidation sites excluding steroid dienone is 3. The first-order valence-electron chi connectivity index (χ1n) is 5.52. The van der Waals surface area contributed by atoms with E-state index in [1.165, 1.54) is 7.11 Å². The molecule has 1 radical (unpaired) electrons. The van der Waals surface area contributed by atoms with Crippen LogP contribution in [0.1, 0.15) is 39.5 Å². The first-order chi connectivity index (χ1) is 7.61. The number of carbonyl (C=O) groups is 1. The molecule has 0 spiro atoms. The van der Waals surface area contributed by atoms with Crippen molar-refractivity contribution in [1.29, 1.82) is 0 Å². The summed E-state index contributed by atoms with van der Waals surface area (Å²) in [6, 6.07) is 0. The van der Waals surface area contributed by atoms with Gasteiger partial charge in [0.15, 0.2) is 0 Å². The van der Waals surface area contributed by atoms with E-state index in [0.717, 1.165) is 48.0 Å². The second-order valence-electron chi connectivity index (χ2n) is 4.03. The van der Waals surface area contributed by atoms with Gasteiger partial charge in [-0.3, -0.25) is 5.92 Å². The van der Waals surface area contributed by atoms with Crippen molar-refractivity contribution in [2.24, 2.45) is 0 Å². The Kier molecular flexibility index (Phi) is 7.67. The first-order valence-corrected chi connectivity index (χ1v) is 5.52. The summed E-state index contributed by atoms with van der Waals surface area (Å²) in [5.74, 6) is 2.15. The van der Waals surface area contributed by atoms with Gasteiger partial charge in [0, 0.05) is 38.3 Å². The third-order valence-electron chi connectivity index (χ3n) is 3.10. The van der Waals surface area contributed by atoms with Crippen LogP contribution >= 0.6 is 0 Å². The van der Waals surface area contributed by atoms with Gasteiger partial charge in [0.25, 0.3) is 0 Å². The second-order valence-corrected chi connectivity index (χ2v) is 4.03. The van der Waals surface area contributed by atoms with Gasteiger partial charge >= 0.3 is 5.97 Å². The number of carbonyl (C=O) groups excluding carboxylic acids is 1. The second kappa shape index (κ2) is 7.85. The molecule has 0 saturated carbocycles. The summed E-state index contributed by atoms with van der Waals surface area (Å²) in [6.07, 6.45) is 10.9. The monoisotopic (exact) mass is 306 g/mol. The molecule has 0 aliphatic heterocycles. The SMILES string of the molecule is [C-]#C/C(C)=C(\C)C1=C(C(=O)OC)CCCC1.[Y]. The molecule has 1 aliphatic carbocycles. The number of rotatable bonds is 2. The molecule has 0 fully saturated rings. The number of hydrogen-bond acceptors (Lipinski definition) is 2. The quantitative estimate of drug-likeness (QED) is 0.445. The molecule has 1 rings (SSSR count). The van der Waals surface area contributed by atoms with Crippen LogP contribution in [-0.2, 0) is 42.2 Å². The maximum absolute atomic E-state index is 11.6. The Labute approximate surface area is 129 Å². The van der Waals surface area contributed by atoms with Crippen LogP contribution in [0.5, 0.6) is 0 Å². The van der Waals surface area contributed by atoms with Gasteiger partial charge in [-0.15, -0.1) is 11.1 Å². The number of esters is 1. The summed E-state index contributed by atoms with van der Waals surface area (Å²) in [7, 11) is 1.41. The standard InChI is InChI=1S/C14H17O2.Y/c1-5-10(2)11(3)12-8-6-7-9-13(12)14(15)16-4;/h6-9H2,2-4H3;/q-1;/b11-10+;. The summed E-state index contributed by atoms with van der Waals surface area (Å²) < 4.78 is 4.80. The summed E-state index contributed by atoms with van der Waals surface area (Å²) in [4.78, 5) is 11.6. The van der Waals surface area contributed by atoms with Gasteiger partial charge in [-0.25, -0.2) is 4.79 Å². The molecule has 1 aliphatic rings. The Morgan fingerprint density at radius 2 is 1.76 bits per heavy atom. The van der Waals surface area contributed by atoms with Crippen LogP contribution < -0.4 is 0 Å². The maximum Gasteiger partial charge on any atom is 0.333 e. The van der Waals surface area contributed by atoms with Crippen LogP contribution in [0.3, 0.4) is 0 Å². The predicted molar refractivity (Wildman–Crippen MR) is 63.0 cm³/mol. The zero-order valence-electron chi connectivity index (χ0n) is 10.7. The van der Waals surface area contributed by atoms with Crippen molar-refractivity contribution in [3.63, 3.8) is 0 Å². The van der Waals surface area contributed by atoms with Crippen LogP contribution in [0.2, 0.25) is 0 Å². The normalized spacial score (nSPS) is 16.6. The van der Waals surface area contributed by atoms with Crippen LogP contribution in [0.15, 0.2) is 22.3 Å². The largest absolute Gasteiger partial charge is 0.466 e. The Morgan fingerprint density at radius 3 is 2.24 bits per heavy atom. The number of hydrogen-bond donors (Lipinski definition) is 0. The van der Waals surface area contributed by atoms with Crippen LogP contribution in [-0.4, -0.2) is 13.1 Å². The van der Waals surface area contributed by atoms with E-state index in [-0.39, 0.29) is 38.7 Å². The van der Waals surface area contributed by atoms with E-state index >= 15 is 0 Å². The van der Waals surface area contributed by atoms with Crippen molar-refractivity contribution < 1.29 is 42.2 Å². The molecule has 0 saturated heterocycles. The fourth-order valence-corrected chi connectivity index (χ4v) is 1.99. The van der Waals surface area contributed by atoms with Crippen molar-refractivity contribution in [3.05, 3.63) is 28.7 Å². The zero-order chi connectivity index (χ0) is 12.1. The van der Waals surface area contributed by atoms with Gasteiger partial charge < -0.3 is 11.2 Å². The summed E-state index contributed by atoms with van der Waals surface area (Å²) in [5.41, 5.74) is 3.62. The van der Waals surface area contributed by atoms with Gasteiger partial charge in [0.1, 0.15) is 0 Å². The first kappa shape index (κ1) is 16.6. The fourth-order valence-electron chi connectivity index (χ4n) is 1.99. The van der Waals surface area contributed by atoms with Crippen LogP contribution in [0.4, 0.5) is 0 Å². The van der Waals surface area contributed by atoms with Crippen molar-refractivity contribution in [2.75, 3.05) is 7.11 Å². The zero-order valence-corrected chi connectivity index (χ0v) is 13.6. The molecule has 0 amide bonds. The average Bonchev–Trinajstić information content (AvgIpc) is 2.35. The molecule has 89 valence electrons. The smallest absolute Gasteiger partial charge is 0.333 e. The molecule has 0 bridgehead atoms. The van der Waals surface area contributed by atoms with E-state index in [9.17, 15) is 4.79 Å². The minimum Gasteiger partial charge on any atom is -0.466 e. The fraction of sp³-hybridized carbons (Fsp3) is 0.500. The molecule has 0 atom stereocenters. The van der Waals surface area contributed by atoms with E-state index in [1.54, 1.807) is 0 Å². The Morgan fingerprint density at radius 1 is 1.24 bits per heavy atom. The minimum atomic E-state index is -0.230. The molecule has 0 heterocycles. The number of methoxy groups -OCH3 is 1. The topological polar surface area (TPSA) is 26.3 Å². The Bertz CT molecular complexity index is 397. The van der Waals surface area contributed by atoms with Crippen LogP contribution in [0.25, 0.3) is 0 Å². The van der Waals surface area contributed by atoms with E-state index < -0.39 is 0 Å². The van der Waals surface area contributed by atoms with Gasteiger partial charge in [-0.1, -0.05) is 19.4 Å². The van der Waals surface area contributed by atoms with Gasteiger partial charge in [0.2, 0.25) is 0 Å². The predicted octanol–water partition coefficient (Wildman–Crippen LogP) is 2.95. The molecule has 0 unspecified atom stereocenters. The summed E-state index contributed by atoms with van der Waals surface area (Å²) in [6.45, 7) is 3.79. The third kappa shape index (κ3) is 4.09. The van der Waals surface area contributed by atoms with Gasteiger partial charge in [0.05, 0.1) is 7.11 Å². The molecule has 0 aromatic carbocycles. The molecular weight excluding hydrogens is 289 g/mol. The van der Waals surface area contributed by atoms with Crippen molar-refractivity contribution in [2.45, 2.75) is 39.5 Å². The Balaban J connectivity index is 0.00000256. The minimum absolute atomic E-state index is 0. The molecule has 2 nitrogen and oxygen atoms in total. The van der Waals surface area contributed by atoms with E-state index in [1.807, 2.05) is 13.8 Å². The average molecular weight is 306 g/mol. The van der Waals surface area contributed by atoms with E-state index in [2.05, 4.69) is 5.92 Å². The molecule has 3 heteroatoms. The van der Waals surface area contributed by atoms with Gasteiger partial charge in [-0.05, 0) is 25.7 Å². The molecule has 17 heavy (non-hydrogen) atoms. The molecule has 0 aromatic heterocycles. The van der Waals surface area contributed by atoms with Crippen molar-refractivity contribution >= 4 is 5.97 Å². The Hall–Kier alpha value is -0.386.